The third-order valence-electron chi connectivity index (χ3n) is 3.92. The fourth-order valence-electron chi connectivity index (χ4n) is 2.57. The molecule has 26 heavy (non-hydrogen) atoms. The molecule has 3 aromatic rings. The molecule has 0 aliphatic rings. The maximum Gasteiger partial charge on any atom is 0.262 e. The first-order valence-electron chi connectivity index (χ1n) is 8.40. The average Bonchev–Trinajstić information content (AvgIpc) is 3.15. The van der Waals surface area contributed by atoms with Crippen molar-refractivity contribution in [2.45, 2.75) is 26.7 Å². The predicted octanol–water partition coefficient (Wildman–Crippen LogP) is 3.32. The standard InChI is InChI=1S/C19H21N5O2/c1-12(2)16-9-4-13(3)10-17(16)26-11-18(25)20-15-7-5-14(6-8-15)19-21-23-24-22-19/h4-10,12H,11H2,1-3H3,(H,20,25)(H,21,22,23,24). The van der Waals surface area contributed by atoms with Crippen molar-refractivity contribution in [2.75, 3.05) is 11.9 Å². The van der Waals surface area contributed by atoms with Gasteiger partial charge >= 0.3 is 0 Å². The Bertz CT molecular complexity index is 873. The van der Waals surface area contributed by atoms with E-state index in [1.54, 1.807) is 12.1 Å². The van der Waals surface area contributed by atoms with Gasteiger partial charge in [-0.25, -0.2) is 0 Å². The number of amides is 1. The fourth-order valence-corrected chi connectivity index (χ4v) is 2.57. The topological polar surface area (TPSA) is 92.8 Å². The van der Waals surface area contributed by atoms with Crippen molar-refractivity contribution < 1.29 is 9.53 Å². The van der Waals surface area contributed by atoms with E-state index in [1.807, 2.05) is 37.3 Å². The van der Waals surface area contributed by atoms with Gasteiger partial charge in [0.1, 0.15) is 5.75 Å². The lowest BCUT2D eigenvalue weighted by Crippen LogP contribution is -2.20. The van der Waals surface area contributed by atoms with Crippen LogP contribution in [0.25, 0.3) is 11.4 Å². The third-order valence-corrected chi connectivity index (χ3v) is 3.92. The number of aromatic amines is 1. The van der Waals surface area contributed by atoms with Gasteiger partial charge in [-0.1, -0.05) is 26.0 Å². The third kappa shape index (κ3) is 4.24. The van der Waals surface area contributed by atoms with E-state index in [2.05, 4.69) is 39.8 Å². The van der Waals surface area contributed by atoms with E-state index in [4.69, 9.17) is 4.74 Å². The van der Waals surface area contributed by atoms with Crippen molar-refractivity contribution in [3.05, 3.63) is 53.6 Å². The number of carbonyl (C=O) groups excluding carboxylic acids is 1. The molecular weight excluding hydrogens is 330 g/mol. The maximum atomic E-state index is 12.2. The number of tetrazole rings is 1. The molecule has 0 bridgehead atoms. The number of H-pyrrole nitrogens is 1. The molecule has 0 aliphatic carbocycles. The van der Waals surface area contributed by atoms with Crippen LogP contribution in [-0.2, 0) is 4.79 Å². The molecule has 7 nitrogen and oxygen atoms in total. The van der Waals surface area contributed by atoms with Crippen LogP contribution in [-0.4, -0.2) is 33.1 Å². The molecule has 0 spiro atoms. The van der Waals surface area contributed by atoms with Crippen LogP contribution in [0.4, 0.5) is 5.69 Å². The average molecular weight is 351 g/mol. The molecule has 0 radical (unpaired) electrons. The van der Waals surface area contributed by atoms with Crippen molar-refractivity contribution in [1.29, 1.82) is 0 Å². The van der Waals surface area contributed by atoms with Gasteiger partial charge in [-0.15, -0.1) is 10.2 Å². The normalized spacial score (nSPS) is 10.8. The molecule has 0 aliphatic heterocycles. The second kappa shape index (κ2) is 7.77. The number of rotatable bonds is 6. The molecule has 1 amide bonds. The number of hydrogen-bond donors (Lipinski definition) is 2. The van der Waals surface area contributed by atoms with Crippen LogP contribution in [0.3, 0.4) is 0 Å². The number of hydrogen-bond acceptors (Lipinski definition) is 5. The Labute approximate surface area is 151 Å². The van der Waals surface area contributed by atoms with Crippen LogP contribution in [0.2, 0.25) is 0 Å². The zero-order chi connectivity index (χ0) is 18.5. The Hall–Kier alpha value is -3.22. The van der Waals surface area contributed by atoms with Crippen LogP contribution < -0.4 is 10.1 Å². The van der Waals surface area contributed by atoms with Gasteiger partial charge in [-0.2, -0.15) is 5.21 Å². The largest absolute Gasteiger partial charge is 0.483 e. The predicted molar refractivity (Wildman–Crippen MR) is 99.0 cm³/mol. The van der Waals surface area contributed by atoms with Gasteiger partial charge in [0.05, 0.1) is 0 Å². The molecule has 134 valence electrons. The lowest BCUT2D eigenvalue weighted by Gasteiger charge is -2.15. The lowest BCUT2D eigenvalue weighted by atomic mass is 10.0. The summed E-state index contributed by atoms with van der Waals surface area (Å²) in [5.41, 5.74) is 3.68. The number of aromatic nitrogens is 4. The van der Waals surface area contributed by atoms with E-state index < -0.39 is 0 Å². The molecule has 1 aromatic heterocycles. The maximum absolute atomic E-state index is 12.2. The number of nitrogens with zero attached hydrogens (tertiary/aromatic N) is 3. The molecule has 0 atom stereocenters. The molecule has 0 fully saturated rings. The monoisotopic (exact) mass is 351 g/mol. The van der Waals surface area contributed by atoms with Crippen molar-refractivity contribution in [3.8, 4) is 17.1 Å². The van der Waals surface area contributed by atoms with Crippen molar-refractivity contribution >= 4 is 11.6 Å². The summed E-state index contributed by atoms with van der Waals surface area (Å²) in [7, 11) is 0. The molecule has 3 rings (SSSR count). The Morgan fingerprint density at radius 3 is 2.62 bits per heavy atom. The minimum absolute atomic E-state index is 0.0459. The van der Waals surface area contributed by atoms with E-state index in [0.717, 1.165) is 22.4 Å². The Kier molecular flexibility index (Phi) is 5.26. The molecule has 7 heteroatoms. The molecule has 0 saturated carbocycles. The highest BCUT2D eigenvalue weighted by Gasteiger charge is 2.11. The summed E-state index contributed by atoms with van der Waals surface area (Å²) in [6.07, 6.45) is 0. The van der Waals surface area contributed by atoms with Gasteiger partial charge in [-0.3, -0.25) is 4.79 Å². The smallest absolute Gasteiger partial charge is 0.262 e. The van der Waals surface area contributed by atoms with E-state index in [0.29, 0.717) is 17.4 Å². The van der Waals surface area contributed by atoms with E-state index in [1.165, 1.54) is 0 Å². The summed E-state index contributed by atoms with van der Waals surface area (Å²) in [5, 5.41) is 16.6. The molecule has 0 unspecified atom stereocenters. The van der Waals surface area contributed by atoms with Crippen molar-refractivity contribution in [1.82, 2.24) is 20.6 Å². The number of carbonyl (C=O) groups is 1. The highest BCUT2D eigenvalue weighted by atomic mass is 16.5. The molecule has 1 heterocycles. The van der Waals surface area contributed by atoms with E-state index in [-0.39, 0.29) is 12.5 Å². The second-order valence-electron chi connectivity index (χ2n) is 6.35. The second-order valence-corrected chi connectivity index (χ2v) is 6.35. The minimum Gasteiger partial charge on any atom is -0.483 e. The van der Waals surface area contributed by atoms with Crippen LogP contribution in [0.1, 0.15) is 30.9 Å². The van der Waals surface area contributed by atoms with Crippen LogP contribution in [0.5, 0.6) is 5.75 Å². The zero-order valence-corrected chi connectivity index (χ0v) is 15.0. The minimum atomic E-state index is -0.214. The first-order valence-corrected chi connectivity index (χ1v) is 8.40. The zero-order valence-electron chi connectivity index (χ0n) is 15.0. The number of ether oxygens (including phenoxy) is 1. The summed E-state index contributed by atoms with van der Waals surface area (Å²) in [4.78, 5) is 12.2. The lowest BCUT2D eigenvalue weighted by molar-refractivity contribution is -0.118. The fraction of sp³-hybridized carbons (Fsp3) is 0.263. The first-order chi connectivity index (χ1) is 12.5. The van der Waals surface area contributed by atoms with Gasteiger partial charge in [0.2, 0.25) is 5.82 Å². The van der Waals surface area contributed by atoms with Gasteiger partial charge < -0.3 is 10.1 Å². The summed E-state index contributed by atoms with van der Waals surface area (Å²) in [6.45, 7) is 6.16. The van der Waals surface area contributed by atoms with Crippen LogP contribution >= 0.6 is 0 Å². The Morgan fingerprint density at radius 2 is 1.96 bits per heavy atom. The molecule has 0 saturated heterocycles. The summed E-state index contributed by atoms with van der Waals surface area (Å²) in [5.74, 6) is 1.37. The number of benzene rings is 2. The highest BCUT2D eigenvalue weighted by Crippen LogP contribution is 2.27. The van der Waals surface area contributed by atoms with E-state index in [9.17, 15) is 4.79 Å². The van der Waals surface area contributed by atoms with Gasteiger partial charge in [-0.05, 0) is 59.5 Å². The SMILES string of the molecule is Cc1ccc(C(C)C)c(OCC(=O)Nc2ccc(-c3nn[nH]n3)cc2)c1. The highest BCUT2D eigenvalue weighted by molar-refractivity contribution is 5.92. The Morgan fingerprint density at radius 1 is 1.19 bits per heavy atom. The Balaban J connectivity index is 1.60. The number of anilines is 1. The molecular formula is C19H21N5O2. The number of aryl methyl sites for hydroxylation is 1. The number of nitrogens with one attached hydrogen (secondary N) is 2. The molecule has 2 aromatic carbocycles. The van der Waals surface area contributed by atoms with Crippen LogP contribution in [0, 0.1) is 6.92 Å². The summed E-state index contributed by atoms with van der Waals surface area (Å²) < 4.78 is 5.75. The van der Waals surface area contributed by atoms with Crippen LogP contribution in [0.15, 0.2) is 42.5 Å². The van der Waals surface area contributed by atoms with Crippen molar-refractivity contribution in [3.63, 3.8) is 0 Å². The quantitative estimate of drug-likeness (QED) is 0.711. The van der Waals surface area contributed by atoms with Gasteiger partial charge in [0.25, 0.3) is 5.91 Å². The van der Waals surface area contributed by atoms with E-state index >= 15 is 0 Å². The molecule has 2 N–H and O–H groups in total. The summed E-state index contributed by atoms with van der Waals surface area (Å²) >= 11 is 0. The van der Waals surface area contributed by atoms with Crippen molar-refractivity contribution in [2.24, 2.45) is 0 Å². The summed E-state index contributed by atoms with van der Waals surface area (Å²) in [6, 6.07) is 13.3. The van der Waals surface area contributed by atoms with Gasteiger partial charge in [0.15, 0.2) is 6.61 Å². The van der Waals surface area contributed by atoms with Gasteiger partial charge in [0, 0.05) is 11.3 Å². The first kappa shape index (κ1) is 17.6.